The molecule has 1 amide bonds. The van der Waals surface area contributed by atoms with Crippen LogP contribution in [-0.2, 0) is 21.2 Å². The highest BCUT2D eigenvalue weighted by atomic mass is 35.5. The molecule has 4 rings (SSSR count). The van der Waals surface area contributed by atoms with Crippen molar-refractivity contribution in [3.63, 3.8) is 0 Å². The zero-order valence-corrected chi connectivity index (χ0v) is 18.2. The van der Waals surface area contributed by atoms with Crippen molar-refractivity contribution < 1.29 is 13.2 Å². The topological polar surface area (TPSA) is 66.5 Å². The Morgan fingerprint density at radius 3 is 2.52 bits per heavy atom. The molecular formula is C24H21ClN2O3S. The van der Waals surface area contributed by atoms with Crippen LogP contribution in [-0.4, -0.2) is 20.9 Å². The predicted molar refractivity (Wildman–Crippen MR) is 125 cm³/mol. The van der Waals surface area contributed by atoms with Crippen LogP contribution in [0.25, 0.3) is 6.08 Å². The number of sulfonamides is 1. The van der Waals surface area contributed by atoms with Gasteiger partial charge >= 0.3 is 0 Å². The van der Waals surface area contributed by atoms with Crippen LogP contribution in [0.2, 0.25) is 5.02 Å². The normalized spacial score (nSPS) is 13.8. The number of hydrogen-bond donors (Lipinski definition) is 1. The van der Waals surface area contributed by atoms with Crippen LogP contribution in [0, 0.1) is 0 Å². The fourth-order valence-corrected chi connectivity index (χ4v) is 5.30. The minimum absolute atomic E-state index is 0.250. The summed E-state index contributed by atoms with van der Waals surface area (Å²) in [6.45, 7) is 0.397. The number of carbonyl (C=O) groups excluding carboxylic acids is 1. The van der Waals surface area contributed by atoms with Crippen LogP contribution in [0.5, 0.6) is 0 Å². The molecular weight excluding hydrogens is 432 g/mol. The number of fused-ring (bicyclic) bond motifs is 1. The summed E-state index contributed by atoms with van der Waals surface area (Å²) in [7, 11) is -3.68. The molecule has 7 heteroatoms. The molecule has 0 atom stereocenters. The Bertz CT molecular complexity index is 1240. The minimum Gasteiger partial charge on any atom is -0.322 e. The van der Waals surface area contributed by atoms with E-state index in [4.69, 9.17) is 11.6 Å². The Hall–Kier alpha value is -3.09. The molecule has 0 saturated heterocycles. The third-order valence-electron chi connectivity index (χ3n) is 5.08. The number of benzene rings is 3. The van der Waals surface area contributed by atoms with E-state index < -0.39 is 10.0 Å². The molecule has 1 heterocycles. The summed E-state index contributed by atoms with van der Waals surface area (Å²) in [5, 5.41) is 3.36. The Morgan fingerprint density at radius 1 is 1.00 bits per heavy atom. The van der Waals surface area contributed by atoms with Crippen LogP contribution in [0.3, 0.4) is 0 Å². The second-order valence-electron chi connectivity index (χ2n) is 7.18. The van der Waals surface area contributed by atoms with Gasteiger partial charge < -0.3 is 5.32 Å². The van der Waals surface area contributed by atoms with E-state index >= 15 is 0 Å². The van der Waals surface area contributed by atoms with Gasteiger partial charge in [-0.15, -0.1) is 0 Å². The van der Waals surface area contributed by atoms with Crippen LogP contribution >= 0.6 is 11.6 Å². The first-order chi connectivity index (χ1) is 14.9. The lowest BCUT2D eigenvalue weighted by molar-refractivity contribution is -0.111. The van der Waals surface area contributed by atoms with Gasteiger partial charge in [0.05, 0.1) is 10.6 Å². The molecule has 0 bridgehead atoms. The van der Waals surface area contributed by atoms with E-state index in [0.717, 1.165) is 24.0 Å². The number of hydrogen-bond acceptors (Lipinski definition) is 3. The zero-order chi connectivity index (χ0) is 21.8. The van der Waals surface area contributed by atoms with Crippen molar-refractivity contribution in [2.45, 2.75) is 17.7 Å². The average molecular weight is 453 g/mol. The molecule has 3 aromatic rings. The SMILES string of the molecule is O=C(/C=C/c1ccccc1Cl)Nc1ccc2c(c1)N(S(=O)(=O)c1ccccc1)CCC2. The van der Waals surface area contributed by atoms with Crippen molar-refractivity contribution >= 4 is 45.0 Å². The third kappa shape index (κ3) is 4.65. The summed E-state index contributed by atoms with van der Waals surface area (Å²) in [5.74, 6) is -0.326. The lowest BCUT2D eigenvalue weighted by atomic mass is 10.0. The van der Waals surface area contributed by atoms with Gasteiger partial charge in [0.15, 0.2) is 0 Å². The molecule has 158 valence electrons. The number of nitrogens with zero attached hydrogens (tertiary/aromatic N) is 1. The first-order valence-electron chi connectivity index (χ1n) is 9.89. The predicted octanol–water partition coefficient (Wildman–Crippen LogP) is 5.13. The molecule has 0 spiro atoms. The van der Waals surface area contributed by atoms with Gasteiger partial charge in [-0.25, -0.2) is 8.42 Å². The maximum Gasteiger partial charge on any atom is 0.264 e. The molecule has 0 fully saturated rings. The molecule has 1 aliphatic rings. The summed E-state index contributed by atoms with van der Waals surface area (Å²) < 4.78 is 27.8. The molecule has 0 aromatic heterocycles. The first-order valence-corrected chi connectivity index (χ1v) is 11.7. The van der Waals surface area contributed by atoms with E-state index in [-0.39, 0.29) is 10.8 Å². The molecule has 0 radical (unpaired) electrons. The minimum atomic E-state index is -3.68. The van der Waals surface area contributed by atoms with E-state index in [1.54, 1.807) is 54.6 Å². The fraction of sp³-hybridized carbons (Fsp3) is 0.125. The van der Waals surface area contributed by atoms with Crippen LogP contribution in [0.1, 0.15) is 17.5 Å². The van der Waals surface area contributed by atoms with Gasteiger partial charge in [0, 0.05) is 23.3 Å². The van der Waals surface area contributed by atoms with Crippen LogP contribution in [0.4, 0.5) is 11.4 Å². The molecule has 0 saturated carbocycles. The Kier molecular flexibility index (Phi) is 6.11. The number of rotatable bonds is 5. The zero-order valence-electron chi connectivity index (χ0n) is 16.7. The highest BCUT2D eigenvalue weighted by Gasteiger charge is 2.29. The maximum atomic E-state index is 13.2. The number of carbonyl (C=O) groups is 1. The molecule has 1 aliphatic heterocycles. The molecule has 1 N–H and O–H groups in total. The lowest BCUT2D eigenvalue weighted by Crippen LogP contribution is -2.35. The molecule has 0 unspecified atom stereocenters. The average Bonchev–Trinajstić information content (AvgIpc) is 2.78. The van der Waals surface area contributed by atoms with Gasteiger partial charge in [0.25, 0.3) is 10.0 Å². The summed E-state index contributed by atoms with van der Waals surface area (Å²) in [6, 6.07) is 21.0. The highest BCUT2D eigenvalue weighted by molar-refractivity contribution is 7.92. The number of amides is 1. The second-order valence-corrected chi connectivity index (χ2v) is 9.45. The van der Waals surface area contributed by atoms with E-state index in [1.165, 1.54) is 10.4 Å². The number of nitrogens with one attached hydrogen (secondary N) is 1. The Morgan fingerprint density at radius 2 is 1.74 bits per heavy atom. The van der Waals surface area contributed by atoms with Crippen molar-refractivity contribution in [1.82, 2.24) is 0 Å². The van der Waals surface area contributed by atoms with Gasteiger partial charge in [-0.3, -0.25) is 9.10 Å². The monoisotopic (exact) mass is 452 g/mol. The van der Waals surface area contributed by atoms with Gasteiger partial charge in [-0.1, -0.05) is 54.1 Å². The highest BCUT2D eigenvalue weighted by Crippen LogP contribution is 2.34. The standard InChI is InChI=1S/C24H21ClN2O3S/c25-22-11-5-4-7-18(22)13-15-24(28)26-20-14-12-19-8-6-16-27(23(19)17-20)31(29,30)21-9-2-1-3-10-21/h1-5,7,9-15,17H,6,8,16H2,(H,26,28)/b15-13+. The van der Waals surface area contributed by atoms with E-state index in [2.05, 4.69) is 5.32 Å². The van der Waals surface area contributed by atoms with Crippen LogP contribution < -0.4 is 9.62 Å². The number of anilines is 2. The largest absolute Gasteiger partial charge is 0.322 e. The van der Waals surface area contributed by atoms with Crippen molar-refractivity contribution in [1.29, 1.82) is 0 Å². The van der Waals surface area contributed by atoms with Crippen LogP contribution in [0.15, 0.2) is 83.8 Å². The van der Waals surface area contributed by atoms with Gasteiger partial charge in [0.1, 0.15) is 0 Å². The van der Waals surface area contributed by atoms with E-state index in [0.29, 0.717) is 22.9 Å². The Balaban J connectivity index is 1.58. The molecule has 5 nitrogen and oxygen atoms in total. The summed E-state index contributed by atoms with van der Waals surface area (Å²) in [6.07, 6.45) is 4.57. The smallest absolute Gasteiger partial charge is 0.264 e. The molecule has 3 aromatic carbocycles. The second kappa shape index (κ2) is 8.96. The van der Waals surface area contributed by atoms with Crippen molar-refractivity contribution in [2.24, 2.45) is 0 Å². The van der Waals surface area contributed by atoms with Crippen molar-refractivity contribution in [2.75, 3.05) is 16.2 Å². The van der Waals surface area contributed by atoms with Crippen molar-refractivity contribution in [3.8, 4) is 0 Å². The van der Waals surface area contributed by atoms with E-state index in [1.807, 2.05) is 24.3 Å². The van der Waals surface area contributed by atoms with E-state index in [9.17, 15) is 13.2 Å². The van der Waals surface area contributed by atoms with Gasteiger partial charge in [0.2, 0.25) is 5.91 Å². The maximum absolute atomic E-state index is 13.2. The van der Waals surface area contributed by atoms with Gasteiger partial charge in [-0.05, 0) is 60.4 Å². The quantitative estimate of drug-likeness (QED) is 0.545. The van der Waals surface area contributed by atoms with Crippen molar-refractivity contribution in [3.05, 3.63) is 95.0 Å². The summed E-state index contributed by atoms with van der Waals surface area (Å²) in [4.78, 5) is 12.6. The lowest BCUT2D eigenvalue weighted by Gasteiger charge is -2.31. The first kappa shape index (κ1) is 21.2. The Labute approximate surface area is 187 Å². The van der Waals surface area contributed by atoms with Gasteiger partial charge in [-0.2, -0.15) is 0 Å². The number of aryl methyl sites for hydroxylation is 1. The third-order valence-corrected chi connectivity index (χ3v) is 7.25. The number of halogens is 1. The molecule has 0 aliphatic carbocycles. The molecule has 31 heavy (non-hydrogen) atoms. The fourth-order valence-electron chi connectivity index (χ4n) is 3.55. The summed E-state index contributed by atoms with van der Waals surface area (Å²) >= 11 is 6.11. The summed E-state index contributed by atoms with van der Waals surface area (Å²) in [5.41, 5.74) is 2.81.